The van der Waals surface area contributed by atoms with Gasteiger partial charge in [-0.2, -0.15) is 8.42 Å². The number of nitrogens with one attached hydrogen (secondary N) is 1. The molecule has 1 amide bonds. The summed E-state index contributed by atoms with van der Waals surface area (Å²) in [5.74, 6) is -0.724. The third-order valence-electron chi connectivity index (χ3n) is 10.5. The maximum atomic E-state index is 13.0. The molecule has 7 N–H and O–H groups in total. The molecule has 0 radical (unpaired) electrons. The zero-order valence-corrected chi connectivity index (χ0v) is 36.5. The molecule has 0 aromatic heterocycles. The summed E-state index contributed by atoms with van der Waals surface area (Å²) in [4.78, 5) is 13.0. The molecule has 13 nitrogen and oxygen atoms in total. The Labute approximate surface area is 350 Å². The standard InChI is InChI=1S/C44H81NO12S/c1-3-5-7-9-11-13-15-16-17-18-19-20-21-23-24-26-28-30-32-37(47)36(35-55-44-41(50)42(57-58(52,53)54)40(49)39(34-46)56-44)45-43(51)38(48)33-31-29-27-25-22-14-12-10-8-6-4-2/h12,14,23-24,30,32,36-42,44,46-50H,3-11,13,15-22,25-29,31,33-35H2,1-2H3,(H,45,51)(H,52,53,54)/b14-12-,24-23+,32-30+. The van der Waals surface area contributed by atoms with E-state index in [0.29, 0.717) is 12.8 Å². The van der Waals surface area contributed by atoms with E-state index in [2.05, 4.69) is 47.7 Å². The number of carbonyl (C=O) groups is 1. The molecule has 1 heterocycles. The molecule has 1 aliphatic rings. The summed E-state index contributed by atoms with van der Waals surface area (Å²) in [5.41, 5.74) is 0. The highest BCUT2D eigenvalue weighted by atomic mass is 32.3. The van der Waals surface area contributed by atoms with Gasteiger partial charge >= 0.3 is 10.4 Å². The molecule has 58 heavy (non-hydrogen) atoms. The van der Waals surface area contributed by atoms with Gasteiger partial charge in [-0.15, -0.1) is 0 Å². The van der Waals surface area contributed by atoms with E-state index in [-0.39, 0.29) is 6.42 Å². The van der Waals surface area contributed by atoms with Crippen LogP contribution in [0.4, 0.5) is 0 Å². The van der Waals surface area contributed by atoms with Crippen molar-refractivity contribution in [2.24, 2.45) is 0 Å². The van der Waals surface area contributed by atoms with Crippen LogP contribution in [0.3, 0.4) is 0 Å². The van der Waals surface area contributed by atoms with E-state index in [1.807, 2.05) is 0 Å². The van der Waals surface area contributed by atoms with E-state index >= 15 is 0 Å². The van der Waals surface area contributed by atoms with E-state index in [9.17, 15) is 38.7 Å². The first kappa shape index (κ1) is 54.3. The van der Waals surface area contributed by atoms with Crippen molar-refractivity contribution in [3.63, 3.8) is 0 Å². The molecule has 340 valence electrons. The third-order valence-corrected chi connectivity index (χ3v) is 11.0. The van der Waals surface area contributed by atoms with E-state index in [1.54, 1.807) is 6.08 Å². The zero-order chi connectivity index (χ0) is 42.9. The molecule has 8 unspecified atom stereocenters. The second kappa shape index (κ2) is 34.9. The van der Waals surface area contributed by atoms with Crippen molar-refractivity contribution >= 4 is 16.3 Å². The van der Waals surface area contributed by atoms with Crippen molar-refractivity contribution in [1.29, 1.82) is 0 Å². The number of rotatable bonds is 37. The molecule has 0 aromatic rings. The molecular formula is C44H81NO12S. The number of hydrogen-bond acceptors (Lipinski definition) is 11. The summed E-state index contributed by atoms with van der Waals surface area (Å²) in [6.45, 7) is 3.15. The van der Waals surface area contributed by atoms with Gasteiger partial charge in [-0.3, -0.25) is 9.35 Å². The lowest BCUT2D eigenvalue weighted by Crippen LogP contribution is -2.61. The Balaban J connectivity index is 2.64. The van der Waals surface area contributed by atoms with Crippen LogP contribution in [0.2, 0.25) is 0 Å². The fourth-order valence-corrected chi connectivity index (χ4v) is 7.39. The maximum Gasteiger partial charge on any atom is 0.397 e. The first-order valence-corrected chi connectivity index (χ1v) is 23.8. The molecule has 1 saturated heterocycles. The fraction of sp³-hybridized carbons (Fsp3) is 0.841. The minimum Gasteiger partial charge on any atom is -0.394 e. The van der Waals surface area contributed by atoms with Gasteiger partial charge in [0.2, 0.25) is 5.91 Å². The van der Waals surface area contributed by atoms with Gasteiger partial charge in [-0.1, -0.05) is 153 Å². The quantitative estimate of drug-likeness (QED) is 0.0187. The minimum absolute atomic E-state index is 0.221. The molecule has 0 aliphatic carbocycles. The molecule has 0 saturated carbocycles. The van der Waals surface area contributed by atoms with Crippen LogP contribution in [0.25, 0.3) is 0 Å². The van der Waals surface area contributed by atoms with Crippen LogP contribution >= 0.6 is 0 Å². The predicted molar refractivity (Wildman–Crippen MR) is 228 cm³/mol. The van der Waals surface area contributed by atoms with Crippen molar-refractivity contribution in [2.75, 3.05) is 13.2 Å². The summed E-state index contributed by atoms with van der Waals surface area (Å²) in [7, 11) is -5.12. The van der Waals surface area contributed by atoms with Crippen LogP contribution in [0, 0.1) is 0 Å². The van der Waals surface area contributed by atoms with Gasteiger partial charge in [0.1, 0.15) is 30.5 Å². The topological polar surface area (TPSA) is 212 Å². The van der Waals surface area contributed by atoms with E-state index in [4.69, 9.17) is 14.0 Å². The average molecular weight is 848 g/mol. The van der Waals surface area contributed by atoms with Gasteiger partial charge in [-0.25, -0.2) is 4.18 Å². The van der Waals surface area contributed by atoms with Crippen LogP contribution in [-0.4, -0.2) is 107 Å². The van der Waals surface area contributed by atoms with Gasteiger partial charge in [0.05, 0.1) is 25.4 Å². The van der Waals surface area contributed by atoms with Crippen LogP contribution in [0.15, 0.2) is 36.5 Å². The van der Waals surface area contributed by atoms with Crippen LogP contribution in [0.5, 0.6) is 0 Å². The van der Waals surface area contributed by atoms with Crippen molar-refractivity contribution in [3.05, 3.63) is 36.5 Å². The highest BCUT2D eigenvalue weighted by Crippen LogP contribution is 2.26. The highest BCUT2D eigenvalue weighted by Gasteiger charge is 2.48. The number of hydrogen-bond donors (Lipinski definition) is 7. The van der Waals surface area contributed by atoms with Crippen LogP contribution in [-0.2, 0) is 28.9 Å². The molecule has 0 aromatic carbocycles. The van der Waals surface area contributed by atoms with Crippen LogP contribution in [0.1, 0.15) is 174 Å². The Kier molecular flexibility index (Phi) is 32.7. The number of carbonyl (C=O) groups excluding carboxylic acids is 1. The Morgan fingerprint density at radius 1 is 0.690 bits per heavy atom. The molecule has 1 aliphatic heterocycles. The van der Waals surface area contributed by atoms with Crippen LogP contribution < -0.4 is 5.32 Å². The smallest absolute Gasteiger partial charge is 0.394 e. The average Bonchev–Trinajstić information content (AvgIpc) is 3.19. The van der Waals surface area contributed by atoms with Crippen molar-refractivity contribution < 1.29 is 57.0 Å². The number of ether oxygens (including phenoxy) is 2. The summed E-state index contributed by atoms with van der Waals surface area (Å²) >= 11 is 0. The second-order valence-corrected chi connectivity index (χ2v) is 16.8. The monoisotopic (exact) mass is 848 g/mol. The lowest BCUT2D eigenvalue weighted by molar-refractivity contribution is -0.298. The number of allylic oxidation sites excluding steroid dienone is 5. The zero-order valence-electron chi connectivity index (χ0n) is 35.7. The normalized spacial score (nSPS) is 22.0. The Bertz CT molecular complexity index is 1200. The maximum absolute atomic E-state index is 13.0. The van der Waals surface area contributed by atoms with Gasteiger partial charge in [0.15, 0.2) is 6.29 Å². The summed E-state index contributed by atoms with van der Waals surface area (Å²) < 4.78 is 47.4. The van der Waals surface area contributed by atoms with Crippen molar-refractivity contribution in [2.45, 2.75) is 223 Å². The molecule has 0 spiro atoms. The van der Waals surface area contributed by atoms with Gasteiger partial charge in [0, 0.05) is 0 Å². The van der Waals surface area contributed by atoms with E-state index in [0.717, 1.165) is 51.4 Å². The van der Waals surface area contributed by atoms with E-state index < -0.39 is 78.5 Å². The van der Waals surface area contributed by atoms with Gasteiger partial charge in [0.25, 0.3) is 0 Å². The van der Waals surface area contributed by atoms with Gasteiger partial charge in [-0.05, 0) is 57.8 Å². The minimum atomic E-state index is -5.12. The number of aliphatic hydroxyl groups excluding tert-OH is 5. The molecule has 1 fully saturated rings. The largest absolute Gasteiger partial charge is 0.397 e. The highest BCUT2D eigenvalue weighted by molar-refractivity contribution is 7.80. The lowest BCUT2D eigenvalue weighted by Gasteiger charge is -2.41. The van der Waals surface area contributed by atoms with Crippen molar-refractivity contribution in [1.82, 2.24) is 5.32 Å². The number of amides is 1. The molecule has 1 rings (SSSR count). The Morgan fingerprint density at radius 3 is 1.69 bits per heavy atom. The number of unbranched alkanes of at least 4 members (excludes halogenated alkanes) is 20. The fourth-order valence-electron chi connectivity index (χ4n) is 6.88. The van der Waals surface area contributed by atoms with Gasteiger partial charge < -0.3 is 40.3 Å². The summed E-state index contributed by atoms with van der Waals surface area (Å²) in [6.07, 6.45) is 28.1. The lowest BCUT2D eigenvalue weighted by atomic mass is 9.99. The SMILES string of the molecule is CCCCC/C=C\CCCCCCC(O)C(=O)NC(COC1OC(CO)C(O)C(OS(=O)(=O)O)C1O)C(O)/C=C/CC/C=C/CCCCCCCCCCCCCC. The Hall–Kier alpha value is -1.72. The predicted octanol–water partition coefficient (Wildman–Crippen LogP) is 7.30. The van der Waals surface area contributed by atoms with E-state index in [1.165, 1.54) is 96.0 Å². The number of aliphatic hydroxyl groups is 5. The summed E-state index contributed by atoms with van der Waals surface area (Å²) in [5, 5.41) is 55.0. The summed E-state index contributed by atoms with van der Waals surface area (Å²) in [6, 6.07) is -1.14. The second-order valence-electron chi connectivity index (χ2n) is 15.8. The first-order chi connectivity index (χ1) is 27.9. The molecule has 14 heteroatoms. The Morgan fingerprint density at radius 2 is 1.16 bits per heavy atom. The molecule has 0 bridgehead atoms. The van der Waals surface area contributed by atoms with Crippen molar-refractivity contribution in [3.8, 4) is 0 Å². The first-order valence-electron chi connectivity index (χ1n) is 22.5. The molecular weight excluding hydrogens is 767 g/mol. The third kappa shape index (κ3) is 27.2. The molecule has 8 atom stereocenters.